The first-order valence-electron chi connectivity index (χ1n) is 8.94. The second kappa shape index (κ2) is 9.82. The van der Waals surface area contributed by atoms with E-state index >= 15 is 0 Å². The lowest BCUT2D eigenvalue weighted by Crippen LogP contribution is -2.27. The Kier molecular flexibility index (Phi) is 8.06. The first-order chi connectivity index (χ1) is 12.3. The third-order valence-electron chi connectivity index (χ3n) is 4.46. The standard InChI is InChI=1S/C18H27BrN2O4S/c1-21(2)26(23,24)17-13-14(9-10-16(17)19)18(22)20-11-6-12-25-15-7-4-3-5-8-15/h9-10,13,15H,3-8,11-12H2,1-2H3,(H,20,22). The van der Waals surface area contributed by atoms with Crippen LogP contribution in [0.5, 0.6) is 0 Å². The summed E-state index contributed by atoms with van der Waals surface area (Å²) in [7, 11) is -0.700. The number of nitrogens with zero attached hydrogens (tertiary/aromatic N) is 1. The number of sulfonamides is 1. The summed E-state index contributed by atoms with van der Waals surface area (Å²) < 4.78 is 32.0. The van der Waals surface area contributed by atoms with Crippen LogP contribution in [-0.4, -0.2) is 52.0 Å². The van der Waals surface area contributed by atoms with Gasteiger partial charge >= 0.3 is 0 Å². The Morgan fingerprint density at radius 1 is 1.27 bits per heavy atom. The van der Waals surface area contributed by atoms with E-state index in [1.807, 2.05) is 0 Å². The topological polar surface area (TPSA) is 75.7 Å². The van der Waals surface area contributed by atoms with Gasteiger partial charge in [-0.05, 0) is 53.4 Å². The van der Waals surface area contributed by atoms with Gasteiger partial charge in [-0.2, -0.15) is 0 Å². The van der Waals surface area contributed by atoms with Gasteiger partial charge in [0.1, 0.15) is 0 Å². The van der Waals surface area contributed by atoms with E-state index in [-0.39, 0.29) is 10.8 Å². The van der Waals surface area contributed by atoms with Crippen molar-refractivity contribution >= 4 is 31.9 Å². The molecule has 0 bridgehead atoms. The number of hydrogen-bond acceptors (Lipinski definition) is 4. The molecule has 0 radical (unpaired) electrons. The summed E-state index contributed by atoms with van der Waals surface area (Å²) in [6, 6.07) is 4.58. The van der Waals surface area contributed by atoms with E-state index in [2.05, 4.69) is 21.2 Å². The zero-order chi connectivity index (χ0) is 19.2. The smallest absolute Gasteiger partial charge is 0.251 e. The summed E-state index contributed by atoms with van der Waals surface area (Å²) in [4.78, 5) is 12.4. The van der Waals surface area contributed by atoms with Crippen molar-refractivity contribution in [3.8, 4) is 0 Å². The van der Waals surface area contributed by atoms with Crippen molar-refractivity contribution < 1.29 is 17.9 Å². The Labute approximate surface area is 164 Å². The SMILES string of the molecule is CN(C)S(=O)(=O)c1cc(C(=O)NCCCOC2CCCCC2)ccc1Br. The minimum Gasteiger partial charge on any atom is -0.378 e. The third kappa shape index (κ3) is 5.77. The molecule has 1 amide bonds. The van der Waals surface area contributed by atoms with Gasteiger partial charge in [-0.3, -0.25) is 4.79 Å². The van der Waals surface area contributed by atoms with Gasteiger partial charge < -0.3 is 10.1 Å². The number of halogens is 1. The number of carbonyl (C=O) groups is 1. The number of amides is 1. The number of nitrogens with one attached hydrogen (secondary N) is 1. The molecule has 146 valence electrons. The predicted molar refractivity (Wildman–Crippen MR) is 105 cm³/mol. The van der Waals surface area contributed by atoms with Crippen molar-refractivity contribution in [1.29, 1.82) is 0 Å². The minimum absolute atomic E-state index is 0.0794. The van der Waals surface area contributed by atoms with E-state index in [1.165, 1.54) is 39.4 Å². The Bertz CT molecular complexity index is 716. The van der Waals surface area contributed by atoms with Crippen LogP contribution >= 0.6 is 15.9 Å². The molecule has 1 saturated carbocycles. The molecule has 0 atom stereocenters. The van der Waals surface area contributed by atoms with Crippen molar-refractivity contribution in [2.24, 2.45) is 0 Å². The van der Waals surface area contributed by atoms with Gasteiger partial charge in [0.25, 0.3) is 5.91 Å². The average molecular weight is 447 g/mol. The van der Waals surface area contributed by atoms with Crippen LogP contribution in [0, 0.1) is 0 Å². The fourth-order valence-electron chi connectivity index (χ4n) is 2.90. The van der Waals surface area contributed by atoms with Crippen LogP contribution in [0.3, 0.4) is 0 Å². The molecule has 2 rings (SSSR count). The largest absolute Gasteiger partial charge is 0.378 e. The fourth-order valence-corrected chi connectivity index (χ4v) is 4.74. The molecule has 1 aliphatic rings. The maximum Gasteiger partial charge on any atom is 0.251 e. The van der Waals surface area contributed by atoms with Crippen LogP contribution < -0.4 is 5.32 Å². The number of hydrogen-bond donors (Lipinski definition) is 1. The molecule has 6 nitrogen and oxygen atoms in total. The van der Waals surface area contributed by atoms with Crippen LogP contribution in [-0.2, 0) is 14.8 Å². The Hall–Kier alpha value is -0.960. The highest BCUT2D eigenvalue weighted by molar-refractivity contribution is 9.10. The fraction of sp³-hybridized carbons (Fsp3) is 0.611. The molecule has 1 aliphatic carbocycles. The van der Waals surface area contributed by atoms with Gasteiger partial charge in [0, 0.05) is 37.3 Å². The maximum atomic E-state index is 12.3. The summed E-state index contributed by atoms with van der Waals surface area (Å²) in [5.74, 6) is -0.287. The minimum atomic E-state index is -3.62. The summed E-state index contributed by atoms with van der Waals surface area (Å²) in [6.07, 6.45) is 7.15. The van der Waals surface area contributed by atoms with Gasteiger partial charge in [0.05, 0.1) is 11.0 Å². The van der Waals surface area contributed by atoms with E-state index in [0.29, 0.717) is 29.3 Å². The maximum absolute atomic E-state index is 12.3. The Morgan fingerprint density at radius 2 is 1.96 bits per heavy atom. The molecule has 1 N–H and O–H groups in total. The molecule has 0 heterocycles. The number of benzene rings is 1. The van der Waals surface area contributed by atoms with Gasteiger partial charge in [0.15, 0.2) is 0 Å². The molecule has 0 aliphatic heterocycles. The zero-order valence-electron chi connectivity index (χ0n) is 15.3. The van der Waals surface area contributed by atoms with Crippen molar-refractivity contribution in [3.05, 3.63) is 28.2 Å². The molecule has 1 aromatic rings. The second-order valence-electron chi connectivity index (χ2n) is 6.67. The molecule has 0 unspecified atom stereocenters. The van der Waals surface area contributed by atoms with E-state index in [0.717, 1.165) is 23.6 Å². The third-order valence-corrected chi connectivity index (χ3v) is 7.27. The van der Waals surface area contributed by atoms with Crippen LogP contribution in [0.15, 0.2) is 27.6 Å². The average Bonchev–Trinajstić information content (AvgIpc) is 2.62. The molecular formula is C18H27BrN2O4S. The molecule has 26 heavy (non-hydrogen) atoms. The summed E-state index contributed by atoms with van der Waals surface area (Å²) in [5, 5.41) is 2.82. The first kappa shape index (κ1) is 21.3. The molecule has 1 aromatic carbocycles. The highest BCUT2D eigenvalue weighted by atomic mass is 79.9. The van der Waals surface area contributed by atoms with Crippen molar-refractivity contribution in [3.63, 3.8) is 0 Å². The van der Waals surface area contributed by atoms with Gasteiger partial charge in [-0.25, -0.2) is 12.7 Å². The van der Waals surface area contributed by atoms with Crippen molar-refractivity contribution in [1.82, 2.24) is 9.62 Å². The molecule has 1 fully saturated rings. The predicted octanol–water partition coefficient (Wildman–Crippen LogP) is 3.17. The van der Waals surface area contributed by atoms with Crippen LogP contribution in [0.4, 0.5) is 0 Å². The summed E-state index contributed by atoms with van der Waals surface area (Å²) in [6.45, 7) is 1.13. The van der Waals surface area contributed by atoms with Gasteiger partial charge in [-0.1, -0.05) is 19.3 Å². The first-order valence-corrected chi connectivity index (χ1v) is 11.2. The molecule has 0 spiro atoms. The highest BCUT2D eigenvalue weighted by Gasteiger charge is 2.22. The monoisotopic (exact) mass is 446 g/mol. The van der Waals surface area contributed by atoms with Crippen LogP contribution in [0.1, 0.15) is 48.9 Å². The molecule has 0 aromatic heterocycles. The van der Waals surface area contributed by atoms with Crippen molar-refractivity contribution in [2.75, 3.05) is 27.2 Å². The quantitative estimate of drug-likeness (QED) is 0.622. The molecule has 0 saturated heterocycles. The van der Waals surface area contributed by atoms with E-state index in [4.69, 9.17) is 4.74 Å². The molecule has 8 heteroatoms. The van der Waals surface area contributed by atoms with E-state index in [1.54, 1.807) is 12.1 Å². The van der Waals surface area contributed by atoms with E-state index in [9.17, 15) is 13.2 Å². The lowest BCUT2D eigenvalue weighted by molar-refractivity contribution is 0.0273. The van der Waals surface area contributed by atoms with Crippen LogP contribution in [0.25, 0.3) is 0 Å². The number of rotatable bonds is 8. The Morgan fingerprint density at radius 3 is 2.62 bits per heavy atom. The lowest BCUT2D eigenvalue weighted by atomic mass is 9.98. The van der Waals surface area contributed by atoms with Gasteiger partial charge in [0.2, 0.25) is 10.0 Å². The summed E-state index contributed by atoms with van der Waals surface area (Å²) in [5.41, 5.74) is 0.321. The highest BCUT2D eigenvalue weighted by Crippen LogP contribution is 2.25. The second-order valence-corrected chi connectivity index (χ2v) is 9.65. The normalized spacial score (nSPS) is 16.0. The van der Waals surface area contributed by atoms with Gasteiger partial charge in [-0.15, -0.1) is 0 Å². The number of ether oxygens (including phenoxy) is 1. The zero-order valence-corrected chi connectivity index (χ0v) is 17.7. The molecular weight excluding hydrogens is 420 g/mol. The summed E-state index contributed by atoms with van der Waals surface area (Å²) >= 11 is 3.24. The van der Waals surface area contributed by atoms with E-state index < -0.39 is 10.0 Å². The number of carbonyl (C=O) groups excluding carboxylic acids is 1. The van der Waals surface area contributed by atoms with Crippen molar-refractivity contribution in [2.45, 2.75) is 49.5 Å². The van der Waals surface area contributed by atoms with Crippen LogP contribution in [0.2, 0.25) is 0 Å². The Balaban J connectivity index is 1.85. The lowest BCUT2D eigenvalue weighted by Gasteiger charge is -2.21.